The van der Waals surface area contributed by atoms with E-state index in [-0.39, 0.29) is 11.3 Å². The zero-order valence-electron chi connectivity index (χ0n) is 10.2. The molecule has 1 aromatic rings. The second kappa shape index (κ2) is 6.07. The van der Waals surface area contributed by atoms with Gasteiger partial charge in [-0.25, -0.2) is 0 Å². The van der Waals surface area contributed by atoms with E-state index in [1.807, 2.05) is 24.3 Å². The molecule has 98 valence electrons. The average Bonchev–Trinajstić information content (AvgIpc) is 2.86. The average molecular weight is 331 g/mol. The molecule has 0 radical (unpaired) electrons. The SMILES string of the molecule is O=C(NCC1(CCl)CCCC1)c1ccc(Br)cc1. The highest BCUT2D eigenvalue weighted by molar-refractivity contribution is 9.10. The zero-order valence-corrected chi connectivity index (χ0v) is 12.6. The molecule has 1 fully saturated rings. The highest BCUT2D eigenvalue weighted by Crippen LogP contribution is 2.38. The Labute approximate surface area is 121 Å². The first kappa shape index (κ1) is 13.9. The van der Waals surface area contributed by atoms with E-state index in [0.29, 0.717) is 18.0 Å². The van der Waals surface area contributed by atoms with Crippen molar-refractivity contribution in [1.82, 2.24) is 5.32 Å². The fraction of sp³-hybridized carbons (Fsp3) is 0.500. The molecule has 1 amide bonds. The van der Waals surface area contributed by atoms with Gasteiger partial charge in [-0.05, 0) is 37.1 Å². The van der Waals surface area contributed by atoms with Gasteiger partial charge in [-0.1, -0.05) is 28.8 Å². The van der Waals surface area contributed by atoms with Crippen molar-refractivity contribution < 1.29 is 4.79 Å². The maximum Gasteiger partial charge on any atom is 0.251 e. The molecule has 0 unspecified atom stereocenters. The number of nitrogens with one attached hydrogen (secondary N) is 1. The van der Waals surface area contributed by atoms with Gasteiger partial charge >= 0.3 is 0 Å². The van der Waals surface area contributed by atoms with Gasteiger partial charge in [-0.3, -0.25) is 4.79 Å². The van der Waals surface area contributed by atoms with Crippen LogP contribution in [0.5, 0.6) is 0 Å². The molecule has 1 aliphatic carbocycles. The number of alkyl halides is 1. The Bertz CT molecular complexity index is 412. The third-order valence-electron chi connectivity index (χ3n) is 3.68. The Morgan fingerprint density at radius 1 is 1.28 bits per heavy atom. The van der Waals surface area contributed by atoms with E-state index in [2.05, 4.69) is 21.2 Å². The van der Waals surface area contributed by atoms with E-state index in [4.69, 9.17) is 11.6 Å². The molecule has 2 rings (SSSR count). The molecule has 1 aromatic carbocycles. The van der Waals surface area contributed by atoms with Gasteiger partial charge in [0.15, 0.2) is 0 Å². The minimum absolute atomic E-state index is 0.0149. The summed E-state index contributed by atoms with van der Waals surface area (Å²) >= 11 is 9.42. The molecule has 0 saturated heterocycles. The Kier molecular flexibility index (Phi) is 4.68. The number of halogens is 2. The molecule has 1 saturated carbocycles. The summed E-state index contributed by atoms with van der Waals surface area (Å²) in [7, 11) is 0. The van der Waals surface area contributed by atoms with Crippen molar-refractivity contribution in [2.75, 3.05) is 12.4 Å². The van der Waals surface area contributed by atoms with Crippen LogP contribution in [0, 0.1) is 5.41 Å². The first-order chi connectivity index (χ1) is 8.65. The van der Waals surface area contributed by atoms with Crippen molar-refractivity contribution in [3.63, 3.8) is 0 Å². The van der Waals surface area contributed by atoms with Crippen LogP contribution in [-0.2, 0) is 0 Å². The van der Waals surface area contributed by atoms with Crippen LogP contribution in [0.2, 0.25) is 0 Å². The van der Waals surface area contributed by atoms with Gasteiger partial charge in [0.05, 0.1) is 0 Å². The summed E-state index contributed by atoms with van der Waals surface area (Å²) in [5.74, 6) is 0.618. The van der Waals surface area contributed by atoms with E-state index in [1.54, 1.807) is 0 Å². The molecule has 1 N–H and O–H groups in total. The zero-order chi connectivity index (χ0) is 13.0. The number of benzene rings is 1. The second-order valence-electron chi connectivity index (χ2n) is 5.03. The van der Waals surface area contributed by atoms with Crippen LogP contribution in [-0.4, -0.2) is 18.3 Å². The lowest BCUT2D eigenvalue weighted by atomic mass is 9.88. The van der Waals surface area contributed by atoms with Crippen LogP contribution in [0.25, 0.3) is 0 Å². The van der Waals surface area contributed by atoms with Crippen LogP contribution in [0.15, 0.2) is 28.7 Å². The standard InChI is InChI=1S/C14H17BrClNO/c15-12-5-3-11(4-6-12)13(18)17-10-14(9-16)7-1-2-8-14/h3-6H,1-2,7-10H2,(H,17,18). The van der Waals surface area contributed by atoms with Crippen LogP contribution in [0.1, 0.15) is 36.0 Å². The van der Waals surface area contributed by atoms with Crippen LogP contribution < -0.4 is 5.32 Å². The third-order valence-corrected chi connectivity index (χ3v) is 4.77. The number of amides is 1. The monoisotopic (exact) mass is 329 g/mol. The summed E-state index contributed by atoms with van der Waals surface area (Å²) in [6.45, 7) is 0.686. The molecule has 0 aliphatic heterocycles. The Morgan fingerprint density at radius 3 is 2.44 bits per heavy atom. The first-order valence-electron chi connectivity index (χ1n) is 6.25. The molecule has 4 heteroatoms. The molecule has 2 nitrogen and oxygen atoms in total. The largest absolute Gasteiger partial charge is 0.351 e. The maximum atomic E-state index is 12.0. The first-order valence-corrected chi connectivity index (χ1v) is 7.58. The van der Waals surface area contributed by atoms with Crippen molar-refractivity contribution in [1.29, 1.82) is 0 Å². The minimum Gasteiger partial charge on any atom is -0.351 e. The van der Waals surface area contributed by atoms with Crippen LogP contribution >= 0.6 is 27.5 Å². The minimum atomic E-state index is -0.0149. The van der Waals surface area contributed by atoms with Crippen LogP contribution in [0.3, 0.4) is 0 Å². The summed E-state index contributed by atoms with van der Waals surface area (Å²) in [4.78, 5) is 12.0. The van der Waals surface area contributed by atoms with E-state index >= 15 is 0 Å². The fourth-order valence-electron chi connectivity index (χ4n) is 2.45. The summed E-state index contributed by atoms with van der Waals surface area (Å²) in [6.07, 6.45) is 4.69. The summed E-state index contributed by atoms with van der Waals surface area (Å²) in [5, 5.41) is 3.01. The van der Waals surface area contributed by atoms with Crippen molar-refractivity contribution in [3.05, 3.63) is 34.3 Å². The Hall–Kier alpha value is -0.540. The van der Waals surface area contributed by atoms with Gasteiger partial charge < -0.3 is 5.32 Å². The number of hydrogen-bond acceptors (Lipinski definition) is 1. The molecule has 18 heavy (non-hydrogen) atoms. The highest BCUT2D eigenvalue weighted by atomic mass is 79.9. The Balaban J connectivity index is 1.93. The fourth-order valence-corrected chi connectivity index (χ4v) is 3.08. The van der Waals surface area contributed by atoms with Crippen molar-refractivity contribution in [2.45, 2.75) is 25.7 Å². The molecular weight excluding hydrogens is 314 g/mol. The van der Waals surface area contributed by atoms with Gasteiger partial charge in [0.25, 0.3) is 5.91 Å². The third kappa shape index (κ3) is 3.27. The lowest BCUT2D eigenvalue weighted by Crippen LogP contribution is -2.37. The summed E-state index contributed by atoms with van der Waals surface area (Å²) in [5.41, 5.74) is 0.813. The lowest BCUT2D eigenvalue weighted by molar-refractivity contribution is 0.0935. The van der Waals surface area contributed by atoms with Gasteiger partial charge in [0.1, 0.15) is 0 Å². The van der Waals surface area contributed by atoms with E-state index in [9.17, 15) is 4.79 Å². The summed E-state index contributed by atoms with van der Waals surface area (Å²) in [6, 6.07) is 7.40. The van der Waals surface area contributed by atoms with Crippen molar-refractivity contribution in [3.8, 4) is 0 Å². The topological polar surface area (TPSA) is 29.1 Å². The lowest BCUT2D eigenvalue weighted by Gasteiger charge is -2.26. The molecule has 0 atom stereocenters. The van der Waals surface area contributed by atoms with Gasteiger partial charge in [0.2, 0.25) is 0 Å². The highest BCUT2D eigenvalue weighted by Gasteiger charge is 2.33. The van der Waals surface area contributed by atoms with E-state index < -0.39 is 0 Å². The number of carbonyl (C=O) groups is 1. The smallest absolute Gasteiger partial charge is 0.251 e. The second-order valence-corrected chi connectivity index (χ2v) is 6.21. The molecule has 0 aromatic heterocycles. The van der Waals surface area contributed by atoms with Crippen molar-refractivity contribution >= 4 is 33.4 Å². The molecule has 0 heterocycles. The quantitative estimate of drug-likeness (QED) is 0.831. The molecule has 0 spiro atoms. The summed E-state index contributed by atoms with van der Waals surface area (Å²) < 4.78 is 0.979. The van der Waals surface area contributed by atoms with E-state index in [0.717, 1.165) is 17.3 Å². The number of hydrogen-bond donors (Lipinski definition) is 1. The van der Waals surface area contributed by atoms with Crippen molar-refractivity contribution in [2.24, 2.45) is 5.41 Å². The predicted molar refractivity (Wildman–Crippen MR) is 78.1 cm³/mol. The normalized spacial score (nSPS) is 17.7. The van der Waals surface area contributed by atoms with Gasteiger partial charge in [0, 0.05) is 27.9 Å². The predicted octanol–water partition coefficient (Wildman–Crippen LogP) is 3.98. The van der Waals surface area contributed by atoms with Gasteiger partial charge in [-0.15, -0.1) is 11.6 Å². The van der Waals surface area contributed by atoms with E-state index in [1.165, 1.54) is 12.8 Å². The molecular formula is C14H17BrClNO. The number of rotatable bonds is 4. The Morgan fingerprint density at radius 2 is 1.89 bits per heavy atom. The molecule has 0 bridgehead atoms. The number of carbonyl (C=O) groups excluding carboxylic acids is 1. The van der Waals surface area contributed by atoms with Crippen LogP contribution in [0.4, 0.5) is 0 Å². The maximum absolute atomic E-state index is 12.0. The van der Waals surface area contributed by atoms with Gasteiger partial charge in [-0.2, -0.15) is 0 Å². The molecule has 1 aliphatic rings.